The fraction of sp³-hybridized carbons (Fsp3) is 0.235. The van der Waals surface area contributed by atoms with E-state index in [2.05, 4.69) is 17.6 Å². The van der Waals surface area contributed by atoms with Gasteiger partial charge in [-0.25, -0.2) is 4.79 Å². The van der Waals surface area contributed by atoms with E-state index in [0.717, 1.165) is 12.8 Å². The van der Waals surface area contributed by atoms with Crippen molar-refractivity contribution in [1.82, 2.24) is 0 Å². The third kappa shape index (κ3) is 4.97. The second kappa shape index (κ2) is 8.29. The summed E-state index contributed by atoms with van der Waals surface area (Å²) in [5, 5.41) is 6.09. The van der Waals surface area contributed by atoms with Crippen molar-refractivity contribution in [2.24, 2.45) is 0 Å². The summed E-state index contributed by atoms with van der Waals surface area (Å²) in [5.41, 5.74) is 1.27. The first-order valence-corrected chi connectivity index (χ1v) is 7.62. The molecule has 22 heavy (non-hydrogen) atoms. The average Bonchev–Trinajstić information content (AvgIpc) is 2.49. The molecule has 116 valence electrons. The topological polar surface area (TPSA) is 50.4 Å². The molecule has 0 aromatic heterocycles. The van der Waals surface area contributed by atoms with Gasteiger partial charge in [-0.3, -0.25) is 0 Å². The Hall–Kier alpha value is -2.20. The molecular weight excluding hydrogens is 300 g/mol. The van der Waals surface area contributed by atoms with Gasteiger partial charge in [-0.05, 0) is 36.8 Å². The minimum absolute atomic E-state index is 0.339. The van der Waals surface area contributed by atoms with Gasteiger partial charge in [0.15, 0.2) is 0 Å². The Labute approximate surface area is 135 Å². The fourth-order valence-electron chi connectivity index (χ4n) is 1.87. The van der Waals surface area contributed by atoms with Crippen LogP contribution < -0.4 is 15.4 Å². The molecule has 2 N–H and O–H groups in total. The molecule has 2 aromatic rings. The summed E-state index contributed by atoms with van der Waals surface area (Å²) in [7, 11) is 0. The van der Waals surface area contributed by atoms with E-state index in [4.69, 9.17) is 16.3 Å². The Kier molecular flexibility index (Phi) is 6.10. The van der Waals surface area contributed by atoms with Crippen molar-refractivity contribution in [3.63, 3.8) is 0 Å². The number of benzene rings is 2. The first kappa shape index (κ1) is 16.2. The Bertz CT molecular complexity index is 632. The van der Waals surface area contributed by atoms with E-state index in [1.54, 1.807) is 30.3 Å². The molecule has 2 aromatic carbocycles. The zero-order chi connectivity index (χ0) is 15.8. The van der Waals surface area contributed by atoms with Crippen LogP contribution in [-0.2, 0) is 0 Å². The first-order chi connectivity index (χ1) is 10.7. The molecule has 0 aliphatic carbocycles. The Morgan fingerprint density at radius 2 is 1.95 bits per heavy atom. The highest BCUT2D eigenvalue weighted by atomic mass is 35.5. The summed E-state index contributed by atoms with van der Waals surface area (Å²) in [5.74, 6) is 0.664. The highest BCUT2D eigenvalue weighted by molar-refractivity contribution is 6.30. The molecule has 2 rings (SSSR count). The number of halogens is 1. The second-order valence-electron chi connectivity index (χ2n) is 4.79. The van der Waals surface area contributed by atoms with Crippen LogP contribution in [0.25, 0.3) is 0 Å². The molecule has 0 bridgehead atoms. The van der Waals surface area contributed by atoms with Crippen molar-refractivity contribution < 1.29 is 9.53 Å². The van der Waals surface area contributed by atoms with E-state index in [9.17, 15) is 4.79 Å². The van der Waals surface area contributed by atoms with E-state index in [-0.39, 0.29) is 6.03 Å². The van der Waals surface area contributed by atoms with E-state index < -0.39 is 0 Å². The molecule has 2 amide bonds. The fourth-order valence-corrected chi connectivity index (χ4v) is 2.06. The molecule has 0 radical (unpaired) electrons. The molecule has 0 saturated heterocycles. The van der Waals surface area contributed by atoms with Gasteiger partial charge in [0, 0.05) is 10.7 Å². The predicted octanol–water partition coefficient (Wildman–Crippen LogP) is 5.16. The van der Waals surface area contributed by atoms with Crippen LogP contribution in [0.3, 0.4) is 0 Å². The monoisotopic (exact) mass is 318 g/mol. The lowest BCUT2D eigenvalue weighted by molar-refractivity contribution is 0.261. The quantitative estimate of drug-likeness (QED) is 0.722. The van der Waals surface area contributed by atoms with Crippen molar-refractivity contribution >= 4 is 29.0 Å². The maximum atomic E-state index is 12.1. The standard InChI is InChI=1S/C17H19ClN2O2/c1-2-3-11-22-16-10-5-4-9-15(16)20-17(21)19-14-8-6-7-13(18)12-14/h4-10,12H,2-3,11H2,1H3,(H2,19,20,21). The second-order valence-corrected chi connectivity index (χ2v) is 5.22. The van der Waals surface area contributed by atoms with Gasteiger partial charge in [0.2, 0.25) is 0 Å². The highest BCUT2D eigenvalue weighted by Crippen LogP contribution is 2.24. The van der Waals surface area contributed by atoms with Gasteiger partial charge < -0.3 is 15.4 Å². The van der Waals surface area contributed by atoms with Crippen molar-refractivity contribution in [3.05, 3.63) is 53.6 Å². The molecule has 0 aliphatic heterocycles. The van der Waals surface area contributed by atoms with Crippen LogP contribution >= 0.6 is 11.6 Å². The number of amides is 2. The van der Waals surface area contributed by atoms with Gasteiger partial charge in [-0.15, -0.1) is 0 Å². The van der Waals surface area contributed by atoms with Crippen molar-refractivity contribution in [2.75, 3.05) is 17.2 Å². The summed E-state index contributed by atoms with van der Waals surface area (Å²) in [6.07, 6.45) is 2.04. The molecule has 0 unspecified atom stereocenters. The molecule has 0 heterocycles. The number of para-hydroxylation sites is 2. The summed E-state index contributed by atoms with van der Waals surface area (Å²) in [4.78, 5) is 12.1. The summed E-state index contributed by atoms with van der Waals surface area (Å²) >= 11 is 5.89. The first-order valence-electron chi connectivity index (χ1n) is 7.24. The van der Waals surface area contributed by atoms with Crippen LogP contribution in [0, 0.1) is 0 Å². The molecule has 0 aliphatic rings. The van der Waals surface area contributed by atoms with Gasteiger partial charge >= 0.3 is 6.03 Å². The lowest BCUT2D eigenvalue weighted by Crippen LogP contribution is -2.20. The van der Waals surface area contributed by atoms with Crippen molar-refractivity contribution in [3.8, 4) is 5.75 Å². The average molecular weight is 319 g/mol. The third-order valence-electron chi connectivity index (χ3n) is 2.97. The van der Waals surface area contributed by atoms with Crippen LogP contribution in [0.1, 0.15) is 19.8 Å². The number of hydrogen-bond acceptors (Lipinski definition) is 2. The van der Waals surface area contributed by atoms with Crippen molar-refractivity contribution in [1.29, 1.82) is 0 Å². The third-order valence-corrected chi connectivity index (χ3v) is 3.21. The molecule has 0 fully saturated rings. The number of hydrogen-bond donors (Lipinski definition) is 2. The van der Waals surface area contributed by atoms with Crippen molar-refractivity contribution in [2.45, 2.75) is 19.8 Å². The maximum Gasteiger partial charge on any atom is 0.323 e. The van der Waals surface area contributed by atoms with Gasteiger partial charge in [0.25, 0.3) is 0 Å². The van der Waals surface area contributed by atoms with E-state index in [1.165, 1.54) is 0 Å². The largest absolute Gasteiger partial charge is 0.491 e. The number of ether oxygens (including phenoxy) is 1. The number of urea groups is 1. The Morgan fingerprint density at radius 1 is 1.14 bits per heavy atom. The normalized spacial score (nSPS) is 10.1. The molecule has 0 spiro atoms. The molecule has 4 nitrogen and oxygen atoms in total. The number of anilines is 2. The Morgan fingerprint density at radius 3 is 2.73 bits per heavy atom. The maximum absolute atomic E-state index is 12.1. The number of rotatable bonds is 6. The minimum atomic E-state index is -0.339. The molecule has 0 saturated carbocycles. The van der Waals surface area contributed by atoms with E-state index >= 15 is 0 Å². The predicted molar refractivity (Wildman–Crippen MR) is 90.9 cm³/mol. The zero-order valence-corrected chi connectivity index (χ0v) is 13.2. The number of carbonyl (C=O) groups excluding carboxylic acids is 1. The van der Waals surface area contributed by atoms with Gasteiger partial charge in [0.1, 0.15) is 5.75 Å². The summed E-state index contributed by atoms with van der Waals surface area (Å²) < 4.78 is 5.68. The van der Waals surface area contributed by atoms with Crippen LogP contribution in [-0.4, -0.2) is 12.6 Å². The lowest BCUT2D eigenvalue weighted by atomic mass is 10.3. The van der Waals surface area contributed by atoms with Crippen LogP contribution in [0.2, 0.25) is 5.02 Å². The number of carbonyl (C=O) groups is 1. The Balaban J connectivity index is 1.99. The molecular formula is C17H19ClN2O2. The minimum Gasteiger partial charge on any atom is -0.491 e. The highest BCUT2D eigenvalue weighted by Gasteiger charge is 2.07. The van der Waals surface area contributed by atoms with Gasteiger partial charge in [0.05, 0.1) is 12.3 Å². The van der Waals surface area contributed by atoms with Crippen LogP contribution in [0.15, 0.2) is 48.5 Å². The summed E-state index contributed by atoms with van der Waals surface area (Å²) in [6.45, 7) is 2.73. The zero-order valence-electron chi connectivity index (χ0n) is 12.4. The SMILES string of the molecule is CCCCOc1ccccc1NC(=O)Nc1cccc(Cl)c1. The van der Waals surface area contributed by atoms with E-state index in [0.29, 0.717) is 28.8 Å². The smallest absolute Gasteiger partial charge is 0.323 e. The van der Waals surface area contributed by atoms with E-state index in [1.807, 2.05) is 18.2 Å². The van der Waals surface area contributed by atoms with Crippen LogP contribution in [0.5, 0.6) is 5.75 Å². The van der Waals surface area contributed by atoms with Gasteiger partial charge in [-0.2, -0.15) is 0 Å². The van der Waals surface area contributed by atoms with Gasteiger partial charge in [-0.1, -0.05) is 43.1 Å². The molecule has 0 atom stereocenters. The van der Waals surface area contributed by atoms with Crippen LogP contribution in [0.4, 0.5) is 16.2 Å². The lowest BCUT2D eigenvalue weighted by Gasteiger charge is -2.13. The summed E-state index contributed by atoms with van der Waals surface area (Å²) in [6, 6.07) is 14.0. The number of unbranched alkanes of at least 4 members (excludes halogenated alkanes) is 1. The molecule has 5 heteroatoms. The number of nitrogens with one attached hydrogen (secondary N) is 2.